The molecular weight excluding hydrogens is 130 g/mol. The molecule has 4 heteroatoms. The van der Waals surface area contributed by atoms with Crippen molar-refractivity contribution in [3.8, 4) is 0 Å². The third-order valence-electron chi connectivity index (χ3n) is 1.57. The lowest BCUT2D eigenvalue weighted by Gasteiger charge is -2.14. The van der Waals surface area contributed by atoms with Crippen LogP contribution >= 0.6 is 0 Å². The molecule has 1 atom stereocenters. The van der Waals surface area contributed by atoms with Crippen molar-refractivity contribution < 1.29 is 4.79 Å². The molecule has 3 N–H and O–H groups in total. The van der Waals surface area contributed by atoms with Gasteiger partial charge in [0.2, 0.25) is 6.41 Å². The standard InChI is InChI=1S/C6H13N3O/c1-6(2)3-5(7-4-10)8-9-6/h4-5,8-9H,3H2,1-2H3,(H,7,10). The molecule has 0 radical (unpaired) electrons. The molecule has 10 heavy (non-hydrogen) atoms. The number of carbonyl (C=O) groups excluding carboxylic acids is 1. The van der Waals surface area contributed by atoms with Gasteiger partial charge < -0.3 is 5.32 Å². The van der Waals surface area contributed by atoms with E-state index in [1.54, 1.807) is 0 Å². The van der Waals surface area contributed by atoms with Crippen LogP contribution in [0, 0.1) is 0 Å². The summed E-state index contributed by atoms with van der Waals surface area (Å²) < 4.78 is 0. The smallest absolute Gasteiger partial charge is 0.208 e. The van der Waals surface area contributed by atoms with Crippen LogP contribution < -0.4 is 16.2 Å². The van der Waals surface area contributed by atoms with Gasteiger partial charge in [-0.1, -0.05) is 0 Å². The lowest BCUT2D eigenvalue weighted by molar-refractivity contribution is -0.110. The third-order valence-corrected chi connectivity index (χ3v) is 1.57. The molecule has 0 aromatic heterocycles. The van der Waals surface area contributed by atoms with Crippen LogP contribution in [0.15, 0.2) is 0 Å². The fourth-order valence-electron chi connectivity index (χ4n) is 1.08. The van der Waals surface area contributed by atoms with Crippen molar-refractivity contribution in [2.45, 2.75) is 32.0 Å². The molecule has 1 aliphatic heterocycles. The van der Waals surface area contributed by atoms with Gasteiger partial charge in [0.05, 0.1) is 6.17 Å². The minimum atomic E-state index is 0.0764. The lowest BCUT2D eigenvalue weighted by atomic mass is 10.0. The van der Waals surface area contributed by atoms with E-state index in [1.807, 2.05) is 0 Å². The average Bonchev–Trinajstić information content (AvgIpc) is 2.12. The summed E-state index contributed by atoms with van der Waals surface area (Å²) in [5.74, 6) is 0. The van der Waals surface area contributed by atoms with Gasteiger partial charge in [-0.25, -0.2) is 5.43 Å². The quantitative estimate of drug-likeness (QED) is 0.450. The van der Waals surface area contributed by atoms with E-state index in [0.29, 0.717) is 6.41 Å². The first-order valence-electron chi connectivity index (χ1n) is 3.36. The molecule has 0 aliphatic carbocycles. The summed E-state index contributed by atoms with van der Waals surface area (Å²) in [7, 11) is 0. The summed E-state index contributed by atoms with van der Waals surface area (Å²) in [4.78, 5) is 9.99. The molecule has 1 heterocycles. The van der Waals surface area contributed by atoms with Crippen LogP contribution in [0.3, 0.4) is 0 Å². The zero-order valence-corrected chi connectivity index (χ0v) is 6.27. The molecule has 1 saturated heterocycles. The highest BCUT2D eigenvalue weighted by Gasteiger charge is 2.29. The van der Waals surface area contributed by atoms with Crippen molar-refractivity contribution >= 4 is 6.41 Å². The van der Waals surface area contributed by atoms with Crippen LogP contribution in [0.1, 0.15) is 20.3 Å². The second kappa shape index (κ2) is 2.56. The van der Waals surface area contributed by atoms with Gasteiger partial charge in [-0.05, 0) is 13.8 Å². The fraction of sp³-hybridized carbons (Fsp3) is 0.833. The van der Waals surface area contributed by atoms with Crippen LogP contribution in [-0.4, -0.2) is 18.1 Å². The Morgan fingerprint density at radius 3 is 2.80 bits per heavy atom. The average molecular weight is 143 g/mol. The Morgan fingerprint density at radius 1 is 1.70 bits per heavy atom. The van der Waals surface area contributed by atoms with Crippen LogP contribution in [0.5, 0.6) is 0 Å². The van der Waals surface area contributed by atoms with E-state index >= 15 is 0 Å². The summed E-state index contributed by atoms with van der Waals surface area (Å²) in [6, 6.07) is 0. The molecule has 0 spiro atoms. The summed E-state index contributed by atoms with van der Waals surface area (Å²) in [5.41, 5.74) is 6.10. The maximum atomic E-state index is 9.99. The highest BCUT2D eigenvalue weighted by Crippen LogP contribution is 2.13. The normalized spacial score (nSPS) is 30.0. The largest absolute Gasteiger partial charge is 0.342 e. The van der Waals surface area contributed by atoms with Crippen molar-refractivity contribution in [2.75, 3.05) is 0 Å². The Balaban J connectivity index is 2.35. The van der Waals surface area contributed by atoms with Crippen molar-refractivity contribution in [3.05, 3.63) is 0 Å². The molecule has 1 unspecified atom stereocenters. The number of nitrogens with one attached hydrogen (secondary N) is 3. The van der Waals surface area contributed by atoms with Crippen molar-refractivity contribution in [3.63, 3.8) is 0 Å². The van der Waals surface area contributed by atoms with E-state index in [9.17, 15) is 4.79 Å². The van der Waals surface area contributed by atoms with Crippen molar-refractivity contribution in [1.29, 1.82) is 0 Å². The van der Waals surface area contributed by atoms with Gasteiger partial charge in [0.1, 0.15) is 0 Å². The minimum absolute atomic E-state index is 0.0764. The molecule has 0 saturated carbocycles. The summed E-state index contributed by atoms with van der Waals surface area (Å²) in [5, 5.41) is 2.65. The number of amides is 1. The second-order valence-electron chi connectivity index (χ2n) is 3.19. The molecule has 0 aromatic rings. The van der Waals surface area contributed by atoms with Gasteiger partial charge in [-0.2, -0.15) is 0 Å². The molecule has 1 rings (SSSR count). The maximum absolute atomic E-state index is 9.99. The minimum Gasteiger partial charge on any atom is -0.342 e. The SMILES string of the molecule is CC1(C)CC(NC=O)NN1. The summed E-state index contributed by atoms with van der Waals surface area (Å²) in [6.07, 6.45) is 1.69. The first kappa shape index (κ1) is 7.50. The molecule has 1 fully saturated rings. The number of hydrogen-bond acceptors (Lipinski definition) is 3. The number of hydrazine groups is 1. The van der Waals surface area contributed by atoms with Gasteiger partial charge in [-0.3, -0.25) is 10.2 Å². The predicted octanol–water partition coefficient (Wildman–Crippen LogP) is -0.665. The molecule has 0 bridgehead atoms. The van der Waals surface area contributed by atoms with Crippen LogP contribution in [0.25, 0.3) is 0 Å². The van der Waals surface area contributed by atoms with E-state index in [0.717, 1.165) is 6.42 Å². The topological polar surface area (TPSA) is 53.2 Å². The van der Waals surface area contributed by atoms with E-state index in [-0.39, 0.29) is 11.7 Å². The molecule has 0 aromatic carbocycles. The monoisotopic (exact) mass is 143 g/mol. The molecule has 4 nitrogen and oxygen atoms in total. The van der Waals surface area contributed by atoms with Gasteiger partial charge in [0, 0.05) is 12.0 Å². The van der Waals surface area contributed by atoms with E-state index in [1.165, 1.54) is 0 Å². The molecule has 1 aliphatic rings. The van der Waals surface area contributed by atoms with E-state index in [4.69, 9.17) is 0 Å². The van der Waals surface area contributed by atoms with Gasteiger partial charge >= 0.3 is 0 Å². The highest BCUT2D eigenvalue weighted by atomic mass is 16.1. The number of hydrogen-bond donors (Lipinski definition) is 3. The predicted molar refractivity (Wildman–Crippen MR) is 38.0 cm³/mol. The zero-order valence-electron chi connectivity index (χ0n) is 6.27. The third kappa shape index (κ3) is 1.68. The van der Waals surface area contributed by atoms with E-state index < -0.39 is 0 Å². The van der Waals surface area contributed by atoms with E-state index in [2.05, 4.69) is 30.0 Å². The van der Waals surface area contributed by atoms with Crippen molar-refractivity contribution in [2.24, 2.45) is 0 Å². The Bertz CT molecular complexity index is 135. The van der Waals surface area contributed by atoms with Crippen LogP contribution in [0.2, 0.25) is 0 Å². The first-order chi connectivity index (χ1) is 4.64. The molecular formula is C6H13N3O. The maximum Gasteiger partial charge on any atom is 0.208 e. The first-order valence-corrected chi connectivity index (χ1v) is 3.36. The molecule has 58 valence electrons. The Morgan fingerprint density at radius 2 is 2.40 bits per heavy atom. The Hall–Kier alpha value is -0.610. The Labute approximate surface area is 60.3 Å². The lowest BCUT2D eigenvalue weighted by Crippen LogP contribution is -2.42. The molecule has 1 amide bonds. The number of carbonyl (C=O) groups is 1. The van der Waals surface area contributed by atoms with Gasteiger partial charge in [0.15, 0.2) is 0 Å². The highest BCUT2D eigenvalue weighted by molar-refractivity contribution is 5.46. The Kier molecular flexibility index (Phi) is 1.92. The zero-order chi connectivity index (χ0) is 7.61. The second-order valence-corrected chi connectivity index (χ2v) is 3.19. The summed E-state index contributed by atoms with van der Waals surface area (Å²) in [6.45, 7) is 4.15. The van der Waals surface area contributed by atoms with Gasteiger partial charge in [0.25, 0.3) is 0 Å². The van der Waals surface area contributed by atoms with Crippen molar-refractivity contribution in [1.82, 2.24) is 16.2 Å². The number of rotatable bonds is 2. The van der Waals surface area contributed by atoms with Gasteiger partial charge in [-0.15, -0.1) is 0 Å². The summed E-state index contributed by atoms with van der Waals surface area (Å²) >= 11 is 0. The van der Waals surface area contributed by atoms with Crippen LogP contribution in [-0.2, 0) is 4.79 Å². The van der Waals surface area contributed by atoms with Crippen LogP contribution in [0.4, 0.5) is 0 Å². The fourth-order valence-corrected chi connectivity index (χ4v) is 1.08.